The maximum Gasteiger partial charge on any atom is 0.256 e. The van der Waals surface area contributed by atoms with Crippen molar-refractivity contribution in [3.8, 4) is 5.75 Å². The van der Waals surface area contributed by atoms with Crippen molar-refractivity contribution in [2.75, 3.05) is 13.1 Å². The maximum absolute atomic E-state index is 13.5. The third-order valence-electron chi connectivity index (χ3n) is 3.14. The fourth-order valence-corrected chi connectivity index (χ4v) is 2.01. The van der Waals surface area contributed by atoms with Crippen LogP contribution >= 0.6 is 0 Å². The van der Waals surface area contributed by atoms with Gasteiger partial charge in [0.15, 0.2) is 0 Å². The van der Waals surface area contributed by atoms with Crippen molar-refractivity contribution in [1.82, 2.24) is 4.90 Å². The topological polar surface area (TPSA) is 66.6 Å². The molecule has 1 fully saturated rings. The van der Waals surface area contributed by atoms with Crippen LogP contribution in [0.2, 0.25) is 0 Å². The molecule has 0 aromatic heterocycles. The first kappa shape index (κ1) is 11.9. The average molecular weight is 238 g/mol. The second kappa shape index (κ2) is 4.33. The van der Waals surface area contributed by atoms with Crippen molar-refractivity contribution in [2.45, 2.75) is 13.0 Å². The minimum Gasteiger partial charge on any atom is -0.508 e. The number of hydrogen-bond acceptors (Lipinski definition) is 3. The lowest BCUT2D eigenvalue weighted by molar-refractivity contribution is 0.0782. The van der Waals surface area contributed by atoms with E-state index in [1.54, 1.807) is 4.90 Å². The summed E-state index contributed by atoms with van der Waals surface area (Å²) in [5.41, 5.74) is 5.80. The van der Waals surface area contributed by atoms with Crippen LogP contribution in [0.3, 0.4) is 0 Å². The summed E-state index contributed by atoms with van der Waals surface area (Å²) in [6.07, 6.45) is 0. The molecule has 92 valence electrons. The number of carbonyl (C=O) groups excluding carboxylic acids is 1. The number of benzene rings is 1. The van der Waals surface area contributed by atoms with Crippen molar-refractivity contribution in [2.24, 2.45) is 11.7 Å². The number of likely N-dealkylation sites (tertiary alicyclic amines) is 1. The summed E-state index contributed by atoms with van der Waals surface area (Å²) < 4.78 is 13.5. The van der Waals surface area contributed by atoms with Crippen LogP contribution in [0.5, 0.6) is 5.75 Å². The molecule has 1 aliphatic heterocycles. The molecule has 0 spiro atoms. The lowest BCUT2D eigenvalue weighted by atomic mass is 10.1. The van der Waals surface area contributed by atoms with Crippen LogP contribution in [0.1, 0.15) is 17.3 Å². The van der Waals surface area contributed by atoms with Crippen LogP contribution in [0, 0.1) is 11.7 Å². The first-order chi connectivity index (χ1) is 7.99. The van der Waals surface area contributed by atoms with Crippen LogP contribution in [0.25, 0.3) is 0 Å². The summed E-state index contributed by atoms with van der Waals surface area (Å²) in [6, 6.07) is 3.48. The normalized spacial score (nSPS) is 24.1. The molecule has 1 amide bonds. The number of nitrogens with zero attached hydrogens (tertiary/aromatic N) is 1. The van der Waals surface area contributed by atoms with E-state index >= 15 is 0 Å². The van der Waals surface area contributed by atoms with Gasteiger partial charge in [-0.3, -0.25) is 4.79 Å². The minimum atomic E-state index is -0.705. The van der Waals surface area contributed by atoms with E-state index in [-0.39, 0.29) is 29.2 Å². The van der Waals surface area contributed by atoms with Gasteiger partial charge in [-0.2, -0.15) is 0 Å². The van der Waals surface area contributed by atoms with Gasteiger partial charge < -0.3 is 15.7 Å². The van der Waals surface area contributed by atoms with E-state index < -0.39 is 5.82 Å². The van der Waals surface area contributed by atoms with Crippen LogP contribution in [0.15, 0.2) is 18.2 Å². The molecule has 5 heteroatoms. The van der Waals surface area contributed by atoms with Crippen LogP contribution in [0.4, 0.5) is 4.39 Å². The summed E-state index contributed by atoms with van der Waals surface area (Å²) in [5.74, 6) is -1.05. The highest BCUT2D eigenvalue weighted by molar-refractivity contribution is 5.94. The molecule has 17 heavy (non-hydrogen) atoms. The van der Waals surface area contributed by atoms with E-state index in [0.717, 1.165) is 6.07 Å². The zero-order valence-electron chi connectivity index (χ0n) is 9.56. The molecule has 1 aliphatic rings. The Balaban J connectivity index is 2.20. The van der Waals surface area contributed by atoms with Gasteiger partial charge in [-0.25, -0.2) is 4.39 Å². The molecule has 4 nitrogen and oxygen atoms in total. The highest BCUT2D eigenvalue weighted by Gasteiger charge is 2.31. The Morgan fingerprint density at radius 2 is 2.24 bits per heavy atom. The van der Waals surface area contributed by atoms with Gasteiger partial charge >= 0.3 is 0 Å². The lowest BCUT2D eigenvalue weighted by Crippen LogP contribution is -2.32. The summed E-state index contributed by atoms with van der Waals surface area (Å²) in [7, 11) is 0. The molecule has 1 aromatic rings. The third-order valence-corrected chi connectivity index (χ3v) is 3.14. The maximum atomic E-state index is 13.5. The third kappa shape index (κ3) is 2.24. The van der Waals surface area contributed by atoms with E-state index in [4.69, 9.17) is 10.8 Å². The van der Waals surface area contributed by atoms with Crippen molar-refractivity contribution >= 4 is 5.91 Å². The Bertz CT molecular complexity index is 440. The molecule has 0 radical (unpaired) electrons. The lowest BCUT2D eigenvalue weighted by Gasteiger charge is -2.16. The monoisotopic (exact) mass is 238 g/mol. The van der Waals surface area contributed by atoms with Crippen molar-refractivity contribution in [3.05, 3.63) is 29.6 Å². The molecule has 0 aliphatic carbocycles. The molecule has 2 unspecified atom stereocenters. The van der Waals surface area contributed by atoms with Crippen molar-refractivity contribution in [3.63, 3.8) is 0 Å². The van der Waals surface area contributed by atoms with Gasteiger partial charge in [0.25, 0.3) is 5.91 Å². The molecule has 0 bridgehead atoms. The Hall–Kier alpha value is -1.62. The predicted molar refractivity (Wildman–Crippen MR) is 61.1 cm³/mol. The molecule has 3 N–H and O–H groups in total. The number of aromatic hydroxyl groups is 1. The van der Waals surface area contributed by atoms with Gasteiger partial charge in [-0.1, -0.05) is 6.92 Å². The number of hydrogen-bond donors (Lipinski definition) is 2. The number of phenolic OH excluding ortho intramolecular Hbond substituents is 1. The Labute approximate surface area is 98.8 Å². The molecular formula is C12H15FN2O2. The van der Waals surface area contributed by atoms with Crippen LogP contribution in [-0.2, 0) is 0 Å². The van der Waals surface area contributed by atoms with Crippen LogP contribution in [-0.4, -0.2) is 35.0 Å². The average Bonchev–Trinajstić information content (AvgIpc) is 2.58. The van der Waals surface area contributed by atoms with Gasteiger partial charge in [0.2, 0.25) is 0 Å². The first-order valence-corrected chi connectivity index (χ1v) is 5.52. The van der Waals surface area contributed by atoms with E-state index in [0.29, 0.717) is 13.1 Å². The highest BCUT2D eigenvalue weighted by atomic mass is 19.1. The van der Waals surface area contributed by atoms with E-state index in [2.05, 4.69) is 0 Å². The molecule has 1 aromatic carbocycles. The largest absolute Gasteiger partial charge is 0.508 e. The van der Waals surface area contributed by atoms with Crippen LogP contribution < -0.4 is 5.73 Å². The smallest absolute Gasteiger partial charge is 0.256 e. The number of carbonyl (C=O) groups is 1. The number of amides is 1. The first-order valence-electron chi connectivity index (χ1n) is 5.52. The Morgan fingerprint density at radius 3 is 2.76 bits per heavy atom. The summed E-state index contributed by atoms with van der Waals surface area (Å²) in [6.45, 7) is 2.95. The summed E-state index contributed by atoms with van der Waals surface area (Å²) in [4.78, 5) is 13.6. The summed E-state index contributed by atoms with van der Waals surface area (Å²) >= 11 is 0. The standard InChI is InChI=1S/C12H15FN2O2/c1-7-5-15(6-11(7)14)12(17)9-3-2-8(16)4-10(9)13/h2-4,7,11,16H,5-6,14H2,1H3. The number of nitrogens with two attached hydrogens (primary N) is 1. The second-order valence-electron chi connectivity index (χ2n) is 4.52. The van der Waals surface area contributed by atoms with Gasteiger partial charge in [0, 0.05) is 25.2 Å². The molecule has 1 saturated heterocycles. The highest BCUT2D eigenvalue weighted by Crippen LogP contribution is 2.21. The Kier molecular flexibility index (Phi) is 3.02. The van der Waals surface area contributed by atoms with Gasteiger partial charge in [-0.05, 0) is 18.1 Å². The van der Waals surface area contributed by atoms with E-state index in [9.17, 15) is 9.18 Å². The molecule has 2 rings (SSSR count). The number of halogens is 1. The number of phenols is 1. The zero-order valence-corrected chi connectivity index (χ0v) is 9.56. The quantitative estimate of drug-likeness (QED) is 0.765. The minimum absolute atomic E-state index is 0.0240. The van der Waals surface area contributed by atoms with Crippen molar-refractivity contribution < 1.29 is 14.3 Å². The van der Waals surface area contributed by atoms with E-state index in [1.165, 1.54) is 12.1 Å². The molecule has 2 atom stereocenters. The SMILES string of the molecule is CC1CN(C(=O)c2ccc(O)cc2F)CC1N. The van der Waals surface area contributed by atoms with Gasteiger partial charge in [0.05, 0.1) is 5.56 Å². The van der Waals surface area contributed by atoms with Gasteiger partial charge in [-0.15, -0.1) is 0 Å². The number of rotatable bonds is 1. The fraction of sp³-hybridized carbons (Fsp3) is 0.417. The predicted octanol–water partition coefficient (Wildman–Crippen LogP) is 0.950. The van der Waals surface area contributed by atoms with Crippen molar-refractivity contribution in [1.29, 1.82) is 0 Å². The van der Waals surface area contributed by atoms with E-state index in [1.807, 2.05) is 6.92 Å². The zero-order chi connectivity index (χ0) is 12.6. The fourth-order valence-electron chi connectivity index (χ4n) is 2.01. The molecule has 0 saturated carbocycles. The second-order valence-corrected chi connectivity index (χ2v) is 4.52. The summed E-state index contributed by atoms with van der Waals surface area (Å²) in [5, 5.41) is 9.08. The Morgan fingerprint density at radius 1 is 1.53 bits per heavy atom. The van der Waals surface area contributed by atoms with Gasteiger partial charge in [0.1, 0.15) is 11.6 Å². The molecular weight excluding hydrogens is 223 g/mol. The molecule has 1 heterocycles.